The van der Waals surface area contributed by atoms with Crippen LogP contribution in [0.4, 0.5) is 4.79 Å². The molecular weight excluding hydrogens is 719 g/mol. The van der Waals surface area contributed by atoms with Crippen molar-refractivity contribution in [2.75, 3.05) is 57.9 Å². The lowest BCUT2D eigenvalue weighted by molar-refractivity contribution is 0.119. The molecule has 3 aromatic rings. The van der Waals surface area contributed by atoms with E-state index in [1.165, 1.54) is 6.26 Å². The van der Waals surface area contributed by atoms with Crippen molar-refractivity contribution < 1.29 is 23.1 Å². The summed E-state index contributed by atoms with van der Waals surface area (Å²) >= 11 is 12.6. The molecule has 2 atom stereocenters. The highest BCUT2D eigenvalue weighted by Crippen LogP contribution is 2.46. The highest BCUT2D eigenvalue weighted by molar-refractivity contribution is 7.90. The molecule has 274 valence electrons. The monoisotopic (exact) mass is 766 g/mol. The molecule has 0 radical (unpaired) electrons. The van der Waals surface area contributed by atoms with Crippen molar-refractivity contribution in [2.45, 2.75) is 52.1 Å². The third-order valence-electron chi connectivity index (χ3n) is 9.03. The summed E-state index contributed by atoms with van der Waals surface area (Å²) in [5, 5.41) is 11.3. The summed E-state index contributed by atoms with van der Waals surface area (Å²) in [7, 11) is -3.03. The number of benzene rings is 3. The maximum atomic E-state index is 14.8. The van der Waals surface area contributed by atoms with Crippen molar-refractivity contribution in [1.82, 2.24) is 14.7 Å². The first-order valence-corrected chi connectivity index (χ1v) is 19.1. The third-order valence-corrected chi connectivity index (χ3v) is 10.6. The van der Waals surface area contributed by atoms with Gasteiger partial charge in [-0.25, -0.2) is 13.2 Å². The van der Waals surface area contributed by atoms with Gasteiger partial charge in [0, 0.05) is 47.9 Å². The van der Waals surface area contributed by atoms with Crippen molar-refractivity contribution in [3.8, 4) is 5.75 Å². The normalized spacial score (nSPS) is 18.3. The Labute approximate surface area is 313 Å². The van der Waals surface area contributed by atoms with Crippen LogP contribution in [0, 0.1) is 0 Å². The van der Waals surface area contributed by atoms with Crippen molar-refractivity contribution in [3.05, 3.63) is 99.0 Å². The molecule has 0 unspecified atom stereocenters. The zero-order valence-electron chi connectivity index (χ0n) is 28.3. The minimum Gasteiger partial charge on any atom is -0.493 e. The molecule has 0 aromatic heterocycles. The fourth-order valence-electron chi connectivity index (χ4n) is 6.21. The van der Waals surface area contributed by atoms with E-state index in [2.05, 4.69) is 4.90 Å². The number of piperazine rings is 1. The molecule has 13 heteroatoms. The summed E-state index contributed by atoms with van der Waals surface area (Å²) in [4.78, 5) is 25.9. The topological polar surface area (TPSA) is 103 Å². The van der Waals surface area contributed by atoms with Crippen LogP contribution in [0.2, 0.25) is 10.0 Å². The smallest absolute Gasteiger partial charge is 0.326 e. The quantitative estimate of drug-likeness (QED) is 0.218. The molecule has 2 aliphatic heterocycles. The number of urea groups is 1. The second kappa shape index (κ2) is 17.6. The Morgan fingerprint density at radius 3 is 2.08 bits per heavy atom. The molecule has 5 rings (SSSR count). The standard InChI is InChI=1S/C36H44Cl2N4O5S.CH4.ClH/c1-5-47-31-23-27(36(2,3)24-43)11-16-30(31)34-39-32(25-7-12-28(37)13-8-25)33(26-9-14-29(38)15-10-26)42(34)35(44)41-20-18-40(19-21-41)17-6-22-48(4,45)46;;/h7-16,23,32-33,43H,5-6,17-22,24H2,1-4H3;1H4;1H/t32-,33+;;/m0../s1. The number of aliphatic hydroxyl groups excluding tert-OH is 1. The van der Waals surface area contributed by atoms with Gasteiger partial charge in [-0.2, -0.15) is 0 Å². The molecule has 2 heterocycles. The van der Waals surface area contributed by atoms with Gasteiger partial charge in [0.2, 0.25) is 0 Å². The zero-order chi connectivity index (χ0) is 34.6. The van der Waals surface area contributed by atoms with Gasteiger partial charge >= 0.3 is 6.03 Å². The number of amidine groups is 1. The summed E-state index contributed by atoms with van der Waals surface area (Å²) < 4.78 is 29.5. The van der Waals surface area contributed by atoms with Gasteiger partial charge in [-0.15, -0.1) is 12.4 Å². The second-order valence-electron chi connectivity index (χ2n) is 13.1. The van der Waals surface area contributed by atoms with Crippen molar-refractivity contribution >= 4 is 57.3 Å². The predicted molar refractivity (Wildman–Crippen MR) is 206 cm³/mol. The minimum absolute atomic E-state index is 0. The number of carbonyl (C=O) groups excluding carboxylic acids is 1. The molecule has 1 N–H and O–H groups in total. The molecule has 1 fully saturated rings. The molecule has 2 amide bonds. The van der Waals surface area contributed by atoms with Crippen LogP contribution in [0.1, 0.15) is 69.0 Å². The fourth-order valence-corrected chi connectivity index (χ4v) is 7.12. The predicted octanol–water partition coefficient (Wildman–Crippen LogP) is 7.44. The molecule has 50 heavy (non-hydrogen) atoms. The Kier molecular flexibility index (Phi) is 14.6. The van der Waals surface area contributed by atoms with Crippen LogP contribution >= 0.6 is 35.6 Å². The van der Waals surface area contributed by atoms with Gasteiger partial charge in [-0.3, -0.25) is 14.8 Å². The first-order valence-electron chi connectivity index (χ1n) is 16.3. The van der Waals surface area contributed by atoms with E-state index in [9.17, 15) is 18.3 Å². The summed E-state index contributed by atoms with van der Waals surface area (Å²) in [6, 6.07) is 19.7. The molecule has 9 nitrogen and oxygen atoms in total. The largest absolute Gasteiger partial charge is 0.493 e. The molecular formula is C37H49Cl3N4O5S. The average Bonchev–Trinajstić information content (AvgIpc) is 3.45. The van der Waals surface area contributed by atoms with E-state index in [1.54, 1.807) is 4.90 Å². The molecule has 0 spiro atoms. The van der Waals surface area contributed by atoms with E-state index in [0.717, 1.165) is 16.7 Å². The van der Waals surface area contributed by atoms with Gasteiger partial charge in [-0.05, 0) is 73.0 Å². The summed E-state index contributed by atoms with van der Waals surface area (Å²) in [6.07, 6.45) is 1.81. The van der Waals surface area contributed by atoms with Crippen molar-refractivity contribution in [3.63, 3.8) is 0 Å². The van der Waals surface area contributed by atoms with Gasteiger partial charge in [0.05, 0.1) is 30.6 Å². The number of rotatable bonds is 11. The molecule has 1 saturated heterocycles. The van der Waals surface area contributed by atoms with Crippen LogP contribution in [0.15, 0.2) is 71.7 Å². The number of aliphatic hydroxyl groups is 1. The van der Waals surface area contributed by atoms with Crippen molar-refractivity contribution in [2.24, 2.45) is 4.99 Å². The number of hydrogen-bond donors (Lipinski definition) is 1. The number of carbonyl (C=O) groups is 1. The lowest BCUT2D eigenvalue weighted by Crippen LogP contribution is -2.54. The van der Waals surface area contributed by atoms with E-state index in [1.807, 2.05) is 92.4 Å². The Morgan fingerprint density at radius 2 is 1.54 bits per heavy atom. The molecule has 3 aromatic carbocycles. The summed E-state index contributed by atoms with van der Waals surface area (Å²) in [5.74, 6) is 1.22. The fraction of sp³-hybridized carbons (Fsp3) is 0.459. The van der Waals surface area contributed by atoms with Crippen molar-refractivity contribution in [1.29, 1.82) is 0 Å². The molecule has 0 bridgehead atoms. The van der Waals surface area contributed by atoms with Crippen LogP contribution in [-0.2, 0) is 15.3 Å². The van der Waals surface area contributed by atoms with E-state index >= 15 is 0 Å². The van der Waals surface area contributed by atoms with E-state index in [4.69, 9.17) is 32.9 Å². The highest BCUT2D eigenvalue weighted by atomic mass is 35.5. The molecule has 2 aliphatic rings. The lowest BCUT2D eigenvalue weighted by Gasteiger charge is -2.39. The SMILES string of the molecule is C.CCOc1cc(C(C)(C)CO)ccc1C1=N[C@@H](c2ccc(Cl)cc2)[C@@H](c2ccc(Cl)cc2)N1C(=O)N1CCN(CCCS(C)(=O)=O)CC1.Cl. The van der Waals surface area contributed by atoms with Crippen LogP contribution in [-0.4, -0.2) is 98.0 Å². The average molecular weight is 768 g/mol. The highest BCUT2D eigenvalue weighted by Gasteiger charge is 2.45. The van der Waals surface area contributed by atoms with Gasteiger partial charge in [0.25, 0.3) is 0 Å². The first kappa shape index (κ1) is 41.6. The van der Waals surface area contributed by atoms with Gasteiger partial charge in [-0.1, -0.05) is 74.8 Å². The number of amides is 2. The number of sulfone groups is 1. The van der Waals surface area contributed by atoms with Crippen LogP contribution in [0.3, 0.4) is 0 Å². The number of halogens is 3. The molecule has 0 saturated carbocycles. The number of nitrogens with zero attached hydrogens (tertiary/aromatic N) is 4. The summed E-state index contributed by atoms with van der Waals surface area (Å²) in [6.45, 7) is 9.12. The Hall–Kier alpha value is -2.86. The summed E-state index contributed by atoms with van der Waals surface area (Å²) in [5.41, 5.74) is 2.86. The third kappa shape index (κ3) is 9.72. The second-order valence-corrected chi connectivity index (χ2v) is 16.2. The van der Waals surface area contributed by atoms with E-state index in [-0.39, 0.29) is 38.2 Å². The number of ether oxygens (including phenoxy) is 1. The lowest BCUT2D eigenvalue weighted by atomic mass is 9.85. The Balaban J connectivity index is 0.00000338. The van der Waals surface area contributed by atoms with Crippen LogP contribution in [0.25, 0.3) is 0 Å². The maximum Gasteiger partial charge on any atom is 0.326 e. The van der Waals surface area contributed by atoms with Crippen LogP contribution in [0.5, 0.6) is 5.75 Å². The zero-order valence-corrected chi connectivity index (χ0v) is 31.5. The Bertz CT molecular complexity index is 1730. The maximum absolute atomic E-state index is 14.8. The first-order chi connectivity index (χ1) is 22.8. The minimum atomic E-state index is -3.03. The van der Waals surface area contributed by atoms with E-state index in [0.29, 0.717) is 72.9 Å². The van der Waals surface area contributed by atoms with E-state index < -0.39 is 27.3 Å². The number of hydrogen-bond acceptors (Lipinski definition) is 7. The Morgan fingerprint density at radius 1 is 0.960 bits per heavy atom. The number of aliphatic imine (C=N–C) groups is 1. The van der Waals surface area contributed by atoms with Gasteiger partial charge < -0.3 is 14.7 Å². The van der Waals surface area contributed by atoms with Gasteiger partial charge in [0.15, 0.2) is 0 Å². The molecule has 0 aliphatic carbocycles. The van der Waals surface area contributed by atoms with Gasteiger partial charge in [0.1, 0.15) is 27.5 Å². The van der Waals surface area contributed by atoms with Crippen LogP contribution < -0.4 is 4.74 Å².